The van der Waals surface area contributed by atoms with E-state index in [1.54, 1.807) is 13.0 Å². The van der Waals surface area contributed by atoms with E-state index in [4.69, 9.17) is 5.73 Å². The van der Waals surface area contributed by atoms with Crippen molar-refractivity contribution < 1.29 is 4.39 Å². The largest absolute Gasteiger partial charge is 0.329 e. The Morgan fingerprint density at radius 2 is 2.06 bits per heavy atom. The summed E-state index contributed by atoms with van der Waals surface area (Å²) in [6.45, 7) is 7.64. The summed E-state index contributed by atoms with van der Waals surface area (Å²) in [7, 11) is 0. The van der Waals surface area contributed by atoms with E-state index in [0.717, 1.165) is 13.0 Å². The number of rotatable bonds is 6. The molecular formula is C14H23FN2. The molecule has 1 aromatic carbocycles. The zero-order valence-electron chi connectivity index (χ0n) is 11.0. The molecule has 0 amide bonds. The summed E-state index contributed by atoms with van der Waals surface area (Å²) in [5, 5.41) is 3.43. The van der Waals surface area contributed by atoms with Crippen LogP contribution in [0.4, 0.5) is 4.39 Å². The molecule has 96 valence electrons. The Morgan fingerprint density at radius 3 is 2.59 bits per heavy atom. The van der Waals surface area contributed by atoms with E-state index in [1.165, 1.54) is 5.56 Å². The molecule has 1 rings (SSSR count). The predicted octanol–water partition coefficient (Wildman–Crippen LogP) is 2.25. The van der Waals surface area contributed by atoms with E-state index >= 15 is 0 Å². The zero-order chi connectivity index (χ0) is 12.8. The number of halogens is 1. The molecule has 0 aromatic heterocycles. The van der Waals surface area contributed by atoms with Crippen molar-refractivity contribution in [3.8, 4) is 0 Å². The number of hydrogen-bond donors (Lipinski definition) is 2. The van der Waals surface area contributed by atoms with Crippen LogP contribution in [0, 0.1) is 18.7 Å². The molecule has 2 nitrogen and oxygen atoms in total. The van der Waals surface area contributed by atoms with Crippen molar-refractivity contribution >= 4 is 0 Å². The van der Waals surface area contributed by atoms with E-state index in [0.29, 0.717) is 24.1 Å². The SMILES string of the molecule is Cc1cc(CC(NCCN)C(C)C)ccc1F. The Hall–Kier alpha value is -0.930. The van der Waals surface area contributed by atoms with Gasteiger partial charge in [0.2, 0.25) is 0 Å². The van der Waals surface area contributed by atoms with Gasteiger partial charge in [-0.3, -0.25) is 0 Å². The van der Waals surface area contributed by atoms with Gasteiger partial charge in [-0.25, -0.2) is 4.39 Å². The lowest BCUT2D eigenvalue weighted by molar-refractivity contribution is 0.401. The van der Waals surface area contributed by atoms with Crippen LogP contribution in [-0.4, -0.2) is 19.1 Å². The van der Waals surface area contributed by atoms with E-state index in [9.17, 15) is 4.39 Å². The Kier molecular flexibility index (Phi) is 5.59. The molecule has 0 bridgehead atoms. The van der Waals surface area contributed by atoms with Crippen LogP contribution in [0.25, 0.3) is 0 Å². The molecule has 0 radical (unpaired) electrons. The summed E-state index contributed by atoms with van der Waals surface area (Å²) in [5.74, 6) is 0.400. The Balaban J connectivity index is 2.68. The molecule has 3 N–H and O–H groups in total. The minimum absolute atomic E-state index is 0.134. The summed E-state index contributed by atoms with van der Waals surface area (Å²) in [6.07, 6.45) is 0.915. The van der Waals surface area contributed by atoms with Crippen LogP contribution >= 0.6 is 0 Å². The first kappa shape index (κ1) is 14.1. The normalized spacial score (nSPS) is 13.1. The molecule has 0 spiro atoms. The third-order valence-electron chi connectivity index (χ3n) is 3.03. The van der Waals surface area contributed by atoms with E-state index in [1.807, 2.05) is 12.1 Å². The van der Waals surface area contributed by atoms with E-state index in [2.05, 4.69) is 19.2 Å². The fourth-order valence-corrected chi connectivity index (χ4v) is 1.90. The third kappa shape index (κ3) is 4.44. The molecule has 1 aromatic rings. The monoisotopic (exact) mass is 238 g/mol. The Morgan fingerprint density at radius 1 is 1.35 bits per heavy atom. The molecule has 0 aliphatic heterocycles. The van der Waals surface area contributed by atoms with Crippen molar-refractivity contribution in [3.05, 3.63) is 35.1 Å². The predicted molar refractivity (Wildman–Crippen MR) is 70.5 cm³/mol. The average molecular weight is 238 g/mol. The highest BCUT2D eigenvalue weighted by molar-refractivity contribution is 5.24. The maximum absolute atomic E-state index is 13.2. The first-order valence-electron chi connectivity index (χ1n) is 6.23. The molecular weight excluding hydrogens is 215 g/mol. The zero-order valence-corrected chi connectivity index (χ0v) is 11.0. The van der Waals surface area contributed by atoms with Gasteiger partial charge in [-0.05, 0) is 36.5 Å². The maximum atomic E-state index is 13.2. The molecule has 0 aliphatic rings. The van der Waals surface area contributed by atoms with Crippen LogP contribution in [0.3, 0.4) is 0 Å². The van der Waals surface area contributed by atoms with Crippen LogP contribution in [-0.2, 0) is 6.42 Å². The second-order valence-corrected chi connectivity index (χ2v) is 4.88. The summed E-state index contributed by atoms with van der Waals surface area (Å²) < 4.78 is 13.2. The van der Waals surface area contributed by atoms with Crippen LogP contribution in [0.1, 0.15) is 25.0 Å². The van der Waals surface area contributed by atoms with Gasteiger partial charge in [0.15, 0.2) is 0 Å². The summed E-state index contributed by atoms with van der Waals surface area (Å²) in [5.41, 5.74) is 7.39. The van der Waals surface area contributed by atoms with Gasteiger partial charge in [0.1, 0.15) is 5.82 Å². The van der Waals surface area contributed by atoms with Crippen molar-refractivity contribution in [2.75, 3.05) is 13.1 Å². The van der Waals surface area contributed by atoms with Crippen LogP contribution in [0.2, 0.25) is 0 Å². The molecule has 0 heterocycles. The molecule has 0 aliphatic carbocycles. The molecule has 0 saturated carbocycles. The standard InChI is InChI=1S/C14H23FN2/c1-10(2)14(17-7-6-16)9-12-4-5-13(15)11(3)8-12/h4-5,8,10,14,17H,6-7,9,16H2,1-3H3. The topological polar surface area (TPSA) is 38.0 Å². The highest BCUT2D eigenvalue weighted by Crippen LogP contribution is 2.14. The Bertz CT molecular complexity index is 350. The fourth-order valence-electron chi connectivity index (χ4n) is 1.90. The highest BCUT2D eigenvalue weighted by Gasteiger charge is 2.13. The van der Waals surface area contributed by atoms with Gasteiger partial charge in [-0.1, -0.05) is 26.0 Å². The minimum atomic E-state index is -0.134. The van der Waals surface area contributed by atoms with Gasteiger partial charge >= 0.3 is 0 Å². The van der Waals surface area contributed by atoms with Gasteiger partial charge < -0.3 is 11.1 Å². The molecule has 0 fully saturated rings. The fraction of sp³-hybridized carbons (Fsp3) is 0.571. The second-order valence-electron chi connectivity index (χ2n) is 4.88. The van der Waals surface area contributed by atoms with Crippen LogP contribution in [0.5, 0.6) is 0 Å². The molecule has 1 atom stereocenters. The molecule has 0 saturated heterocycles. The average Bonchev–Trinajstić information content (AvgIpc) is 2.28. The summed E-state index contributed by atoms with van der Waals surface area (Å²) >= 11 is 0. The number of hydrogen-bond acceptors (Lipinski definition) is 2. The lowest BCUT2D eigenvalue weighted by Crippen LogP contribution is -2.38. The minimum Gasteiger partial charge on any atom is -0.329 e. The van der Waals surface area contributed by atoms with Gasteiger partial charge in [0.25, 0.3) is 0 Å². The summed E-state index contributed by atoms with van der Waals surface area (Å²) in [6, 6.07) is 5.73. The first-order chi connectivity index (χ1) is 8.04. The highest BCUT2D eigenvalue weighted by atomic mass is 19.1. The number of aryl methyl sites for hydroxylation is 1. The van der Waals surface area contributed by atoms with E-state index < -0.39 is 0 Å². The van der Waals surface area contributed by atoms with Crippen LogP contribution < -0.4 is 11.1 Å². The molecule has 3 heteroatoms. The maximum Gasteiger partial charge on any atom is 0.126 e. The Labute approximate surface area is 103 Å². The van der Waals surface area contributed by atoms with Crippen molar-refractivity contribution in [1.29, 1.82) is 0 Å². The van der Waals surface area contributed by atoms with Gasteiger partial charge in [-0.2, -0.15) is 0 Å². The van der Waals surface area contributed by atoms with Gasteiger partial charge in [0.05, 0.1) is 0 Å². The van der Waals surface area contributed by atoms with Crippen LogP contribution in [0.15, 0.2) is 18.2 Å². The van der Waals surface area contributed by atoms with Crippen molar-refractivity contribution in [2.24, 2.45) is 11.7 Å². The number of benzene rings is 1. The molecule has 1 unspecified atom stereocenters. The lowest BCUT2D eigenvalue weighted by Gasteiger charge is -2.22. The molecule has 17 heavy (non-hydrogen) atoms. The quantitative estimate of drug-likeness (QED) is 0.797. The summed E-state index contributed by atoms with van der Waals surface area (Å²) in [4.78, 5) is 0. The van der Waals surface area contributed by atoms with Crippen molar-refractivity contribution in [3.63, 3.8) is 0 Å². The van der Waals surface area contributed by atoms with Gasteiger partial charge in [0, 0.05) is 19.1 Å². The number of nitrogens with two attached hydrogens (primary N) is 1. The lowest BCUT2D eigenvalue weighted by atomic mass is 9.95. The second kappa shape index (κ2) is 6.72. The number of nitrogens with one attached hydrogen (secondary N) is 1. The van der Waals surface area contributed by atoms with Crippen molar-refractivity contribution in [1.82, 2.24) is 5.32 Å². The smallest absolute Gasteiger partial charge is 0.126 e. The van der Waals surface area contributed by atoms with Gasteiger partial charge in [-0.15, -0.1) is 0 Å². The van der Waals surface area contributed by atoms with Crippen molar-refractivity contribution in [2.45, 2.75) is 33.2 Å². The van der Waals surface area contributed by atoms with E-state index in [-0.39, 0.29) is 5.82 Å². The first-order valence-corrected chi connectivity index (χ1v) is 6.23. The third-order valence-corrected chi connectivity index (χ3v) is 3.03.